The molecule has 0 fully saturated rings. The summed E-state index contributed by atoms with van der Waals surface area (Å²) < 4.78 is 2.60. The Bertz CT molecular complexity index is 3200. The average Bonchev–Trinajstić information content (AvgIpc) is 3.61. The molecule has 52 heavy (non-hydrogen) atoms. The van der Waals surface area contributed by atoms with Crippen molar-refractivity contribution in [1.29, 1.82) is 0 Å². The summed E-state index contributed by atoms with van der Waals surface area (Å²) in [5.74, 6) is 0. The van der Waals surface area contributed by atoms with E-state index in [1.165, 1.54) is 90.8 Å². The van der Waals surface area contributed by atoms with E-state index in [1.54, 1.807) is 0 Å². The van der Waals surface area contributed by atoms with Gasteiger partial charge in [-0.25, -0.2) is 0 Å². The first-order valence-corrected chi connectivity index (χ1v) is 18.7. The quantitative estimate of drug-likeness (QED) is 0.168. The lowest BCUT2D eigenvalue weighted by Crippen LogP contribution is -2.10. The molecule has 0 saturated heterocycles. The molecular formula is C50H31NS. The van der Waals surface area contributed by atoms with Gasteiger partial charge < -0.3 is 4.90 Å². The number of hydrogen-bond donors (Lipinski definition) is 0. The summed E-state index contributed by atoms with van der Waals surface area (Å²) >= 11 is 1.90. The van der Waals surface area contributed by atoms with Gasteiger partial charge in [0.15, 0.2) is 0 Å². The minimum Gasteiger partial charge on any atom is -0.310 e. The van der Waals surface area contributed by atoms with E-state index < -0.39 is 0 Å². The molecule has 10 aromatic carbocycles. The first-order chi connectivity index (χ1) is 25.8. The van der Waals surface area contributed by atoms with E-state index in [0.717, 1.165) is 11.4 Å². The monoisotopic (exact) mass is 677 g/mol. The highest BCUT2D eigenvalue weighted by atomic mass is 32.1. The highest BCUT2D eigenvalue weighted by Gasteiger charge is 2.22. The highest BCUT2D eigenvalue weighted by Crippen LogP contribution is 2.50. The van der Waals surface area contributed by atoms with Gasteiger partial charge in [-0.2, -0.15) is 0 Å². The maximum absolute atomic E-state index is 2.49. The Morgan fingerprint density at radius 2 is 0.865 bits per heavy atom. The fourth-order valence-corrected chi connectivity index (χ4v) is 9.62. The Labute approximate surface area is 305 Å². The number of hydrogen-bond acceptors (Lipinski definition) is 2. The van der Waals surface area contributed by atoms with Crippen LogP contribution in [-0.4, -0.2) is 0 Å². The molecule has 1 nitrogen and oxygen atoms in total. The maximum Gasteiger partial charge on any atom is 0.0555 e. The lowest BCUT2D eigenvalue weighted by molar-refractivity contribution is 1.31. The van der Waals surface area contributed by atoms with Crippen LogP contribution < -0.4 is 4.90 Å². The Balaban J connectivity index is 1.23. The number of rotatable bonds is 4. The van der Waals surface area contributed by atoms with Crippen LogP contribution in [-0.2, 0) is 0 Å². The Morgan fingerprint density at radius 3 is 1.65 bits per heavy atom. The third kappa shape index (κ3) is 4.48. The summed E-state index contributed by atoms with van der Waals surface area (Å²) in [6.45, 7) is 0. The van der Waals surface area contributed by atoms with Gasteiger partial charge in [0.1, 0.15) is 0 Å². The minimum atomic E-state index is 1.14. The van der Waals surface area contributed by atoms with E-state index in [0.29, 0.717) is 0 Å². The first-order valence-electron chi connectivity index (χ1n) is 17.8. The van der Waals surface area contributed by atoms with Crippen LogP contribution in [0.3, 0.4) is 0 Å². The van der Waals surface area contributed by atoms with Crippen molar-refractivity contribution in [3.63, 3.8) is 0 Å². The van der Waals surface area contributed by atoms with E-state index in [1.807, 2.05) is 11.3 Å². The molecule has 0 aliphatic heterocycles. The van der Waals surface area contributed by atoms with Gasteiger partial charge in [-0.05, 0) is 95.8 Å². The van der Waals surface area contributed by atoms with Crippen molar-refractivity contribution in [2.45, 2.75) is 0 Å². The smallest absolute Gasteiger partial charge is 0.0555 e. The molecule has 2 heteroatoms. The van der Waals surface area contributed by atoms with Crippen molar-refractivity contribution in [3.05, 3.63) is 188 Å². The third-order valence-electron chi connectivity index (χ3n) is 10.8. The van der Waals surface area contributed by atoms with E-state index in [-0.39, 0.29) is 0 Å². The van der Waals surface area contributed by atoms with Crippen molar-refractivity contribution in [1.82, 2.24) is 0 Å². The molecule has 0 radical (unpaired) electrons. The number of benzene rings is 10. The zero-order valence-corrected chi connectivity index (χ0v) is 29.1. The first kappa shape index (κ1) is 29.3. The van der Waals surface area contributed by atoms with E-state index in [2.05, 4.69) is 193 Å². The second-order valence-electron chi connectivity index (χ2n) is 13.7. The molecule has 0 bridgehead atoms. The second-order valence-corrected chi connectivity index (χ2v) is 14.7. The third-order valence-corrected chi connectivity index (χ3v) is 12.0. The molecule has 11 aromatic rings. The van der Waals surface area contributed by atoms with Gasteiger partial charge in [0.25, 0.3) is 0 Å². The van der Waals surface area contributed by atoms with Crippen LogP contribution in [0.4, 0.5) is 17.1 Å². The summed E-state index contributed by atoms with van der Waals surface area (Å²) in [4.78, 5) is 2.49. The maximum atomic E-state index is 2.49. The highest BCUT2D eigenvalue weighted by molar-refractivity contribution is 7.26. The van der Waals surface area contributed by atoms with Crippen molar-refractivity contribution in [3.8, 4) is 11.1 Å². The molecule has 0 aliphatic carbocycles. The lowest BCUT2D eigenvalue weighted by atomic mass is 9.95. The van der Waals surface area contributed by atoms with Crippen LogP contribution in [0.5, 0.6) is 0 Å². The van der Waals surface area contributed by atoms with E-state index >= 15 is 0 Å². The molecule has 242 valence electrons. The largest absolute Gasteiger partial charge is 0.310 e. The molecule has 11 rings (SSSR count). The SMILES string of the molecule is c1ccc2c(-c3ccc(N(c4ccc5c(ccc6ccccc65)c4)c4ccc5ccc6ccccc6c5c4)c4c3sc3ccccc34)cccc2c1. The molecule has 0 N–H and O–H groups in total. The number of thiophene rings is 1. The zero-order chi connectivity index (χ0) is 34.2. The van der Waals surface area contributed by atoms with Crippen LogP contribution in [0, 0.1) is 0 Å². The van der Waals surface area contributed by atoms with Crippen LogP contribution in [0.25, 0.3) is 85.2 Å². The fourth-order valence-electron chi connectivity index (χ4n) is 8.37. The molecule has 1 heterocycles. The van der Waals surface area contributed by atoms with Crippen molar-refractivity contribution < 1.29 is 0 Å². The predicted octanol–water partition coefficient (Wildman–Crippen LogP) is 15.0. The van der Waals surface area contributed by atoms with E-state index in [9.17, 15) is 0 Å². The molecule has 0 spiro atoms. The van der Waals surface area contributed by atoms with Crippen LogP contribution in [0.15, 0.2) is 188 Å². The van der Waals surface area contributed by atoms with Crippen molar-refractivity contribution in [2.75, 3.05) is 4.90 Å². The Kier molecular flexibility index (Phi) is 6.49. The van der Waals surface area contributed by atoms with Crippen LogP contribution in [0.1, 0.15) is 0 Å². The molecule has 0 saturated carbocycles. The molecule has 0 unspecified atom stereocenters. The standard InChI is InChI=1S/C50H31NS/c1-5-15-40-32(10-1)13-9-18-43(40)44-28-29-47(49-45-17-7-8-19-48(45)52-50(44)49)51(37-26-27-42-36(30-37)23-22-33-11-2-4-14-39(33)42)38-25-24-35-21-20-34-12-3-6-16-41(34)46(35)31-38/h1-31H. The van der Waals surface area contributed by atoms with Gasteiger partial charge in [0, 0.05) is 37.1 Å². The molecule has 0 aliphatic rings. The lowest BCUT2D eigenvalue weighted by Gasteiger charge is -2.28. The number of fused-ring (bicyclic) bond motifs is 10. The van der Waals surface area contributed by atoms with Crippen LogP contribution >= 0.6 is 11.3 Å². The van der Waals surface area contributed by atoms with Gasteiger partial charge in [-0.15, -0.1) is 11.3 Å². The summed E-state index contributed by atoms with van der Waals surface area (Å²) in [6, 6.07) is 69.4. The minimum absolute atomic E-state index is 1.14. The Morgan fingerprint density at radius 1 is 0.327 bits per heavy atom. The molecule has 1 aromatic heterocycles. The van der Waals surface area contributed by atoms with Crippen LogP contribution in [0.2, 0.25) is 0 Å². The van der Waals surface area contributed by atoms with Crippen molar-refractivity contribution in [2.24, 2.45) is 0 Å². The van der Waals surface area contributed by atoms with Gasteiger partial charge in [0.05, 0.1) is 5.69 Å². The summed E-state index contributed by atoms with van der Waals surface area (Å²) in [5, 5.41) is 15.1. The van der Waals surface area contributed by atoms with Gasteiger partial charge in [-0.3, -0.25) is 0 Å². The second kappa shape index (κ2) is 11.5. The fraction of sp³-hybridized carbons (Fsp3) is 0. The normalized spacial score (nSPS) is 11.8. The summed E-state index contributed by atoms with van der Waals surface area (Å²) in [5.41, 5.74) is 5.99. The molecule has 0 atom stereocenters. The number of nitrogens with zero attached hydrogens (tertiary/aromatic N) is 1. The topological polar surface area (TPSA) is 3.24 Å². The molecule has 0 amide bonds. The summed E-state index contributed by atoms with van der Waals surface area (Å²) in [7, 11) is 0. The van der Waals surface area contributed by atoms with Crippen molar-refractivity contribution >= 4 is 102 Å². The molecular weight excluding hydrogens is 647 g/mol. The Hall–Kier alpha value is -6.48. The van der Waals surface area contributed by atoms with E-state index in [4.69, 9.17) is 0 Å². The predicted molar refractivity (Wildman–Crippen MR) is 227 cm³/mol. The zero-order valence-electron chi connectivity index (χ0n) is 28.3. The summed E-state index contributed by atoms with van der Waals surface area (Å²) in [6.07, 6.45) is 0. The number of anilines is 3. The van der Waals surface area contributed by atoms with Gasteiger partial charge in [-0.1, -0.05) is 152 Å². The van der Waals surface area contributed by atoms with Gasteiger partial charge in [0.2, 0.25) is 0 Å². The van der Waals surface area contributed by atoms with Gasteiger partial charge >= 0.3 is 0 Å². The average molecular weight is 678 g/mol.